The number of likely N-dealkylation sites (N-methyl/N-ethyl adjacent to an activating group) is 1. The summed E-state index contributed by atoms with van der Waals surface area (Å²) in [6, 6.07) is 0. The third-order valence-electron chi connectivity index (χ3n) is 5.56. The van der Waals surface area contributed by atoms with Crippen LogP contribution in [-0.4, -0.2) is 53.6 Å². The number of carbonyl (C=O) groups is 1. The number of amides is 1. The minimum Gasteiger partial charge on any atom is -0.334 e. The van der Waals surface area contributed by atoms with E-state index in [2.05, 4.69) is 19.0 Å². The molecule has 6 nitrogen and oxygen atoms in total. The van der Waals surface area contributed by atoms with Crippen LogP contribution in [0.3, 0.4) is 0 Å². The Bertz CT molecular complexity index is 864. The Balaban J connectivity index is 1.61. The molecule has 1 N–H and O–H groups in total. The molecule has 0 radical (unpaired) electrons. The van der Waals surface area contributed by atoms with Crippen molar-refractivity contribution in [3.63, 3.8) is 0 Å². The quantitative estimate of drug-likeness (QED) is 0.815. The minimum absolute atomic E-state index is 0.0217. The largest absolute Gasteiger partial charge is 0.334 e. The second-order valence-electron chi connectivity index (χ2n) is 7.55. The van der Waals surface area contributed by atoms with E-state index >= 15 is 0 Å². The van der Waals surface area contributed by atoms with Gasteiger partial charge in [0.15, 0.2) is 0 Å². The zero-order chi connectivity index (χ0) is 17.6. The number of aromatic nitrogens is 2. The summed E-state index contributed by atoms with van der Waals surface area (Å²) < 4.78 is 1.50. The molecular formula is C18H25N4O2S+. The van der Waals surface area contributed by atoms with Crippen LogP contribution in [0.1, 0.15) is 23.8 Å². The van der Waals surface area contributed by atoms with Gasteiger partial charge in [0.05, 0.1) is 44.9 Å². The highest BCUT2D eigenvalue weighted by molar-refractivity contribution is 7.18. The topological polar surface area (TPSA) is 59.6 Å². The number of fused-ring (bicyclic) bond motifs is 3. The summed E-state index contributed by atoms with van der Waals surface area (Å²) in [5, 5.41) is 0.755. The molecule has 0 bridgehead atoms. The molecule has 0 spiro atoms. The summed E-state index contributed by atoms with van der Waals surface area (Å²) in [6.07, 6.45) is 4.66. The van der Waals surface area contributed by atoms with Crippen LogP contribution in [0.2, 0.25) is 0 Å². The van der Waals surface area contributed by atoms with Crippen molar-refractivity contribution in [2.75, 3.05) is 33.2 Å². The highest BCUT2D eigenvalue weighted by atomic mass is 32.1. The number of nitrogens with one attached hydrogen (secondary N) is 1. The lowest BCUT2D eigenvalue weighted by Crippen LogP contribution is -3.12. The van der Waals surface area contributed by atoms with Gasteiger partial charge in [-0.15, -0.1) is 11.3 Å². The fourth-order valence-corrected chi connectivity index (χ4v) is 5.20. The number of hydrogen-bond acceptors (Lipinski definition) is 4. The zero-order valence-corrected chi connectivity index (χ0v) is 15.7. The summed E-state index contributed by atoms with van der Waals surface area (Å²) in [4.78, 5) is 35.5. The lowest BCUT2D eigenvalue weighted by Gasteiger charge is -2.30. The molecule has 1 amide bonds. The SMILES string of the molecule is CC1CCc2c(sc3ncn(CC(=O)N4CC[NH+](C)CC4)c(=O)c23)C1. The average molecular weight is 361 g/mol. The smallest absolute Gasteiger partial charge is 0.262 e. The van der Waals surface area contributed by atoms with Gasteiger partial charge in [-0.2, -0.15) is 0 Å². The Morgan fingerprint density at radius 1 is 1.40 bits per heavy atom. The molecule has 7 heteroatoms. The Morgan fingerprint density at radius 2 is 2.16 bits per heavy atom. The highest BCUT2D eigenvalue weighted by Crippen LogP contribution is 2.35. The van der Waals surface area contributed by atoms with Crippen LogP contribution in [0, 0.1) is 5.92 Å². The molecule has 2 aliphatic rings. The predicted molar refractivity (Wildman–Crippen MR) is 98.3 cm³/mol. The Morgan fingerprint density at radius 3 is 2.92 bits per heavy atom. The first-order valence-electron chi connectivity index (χ1n) is 9.11. The molecule has 0 aromatic carbocycles. The second-order valence-corrected chi connectivity index (χ2v) is 8.63. The summed E-state index contributed by atoms with van der Waals surface area (Å²) in [5.74, 6) is 0.692. The molecule has 1 aliphatic heterocycles. The van der Waals surface area contributed by atoms with E-state index in [1.807, 2.05) is 4.90 Å². The minimum atomic E-state index is -0.0508. The van der Waals surface area contributed by atoms with Crippen molar-refractivity contribution in [1.29, 1.82) is 0 Å². The van der Waals surface area contributed by atoms with Crippen LogP contribution in [0.15, 0.2) is 11.1 Å². The average Bonchev–Trinajstić information content (AvgIpc) is 2.96. The van der Waals surface area contributed by atoms with Gasteiger partial charge in [0.25, 0.3) is 5.56 Å². The first-order valence-corrected chi connectivity index (χ1v) is 9.93. The van der Waals surface area contributed by atoms with Gasteiger partial charge in [-0.1, -0.05) is 6.92 Å². The van der Waals surface area contributed by atoms with Gasteiger partial charge in [0.1, 0.15) is 11.4 Å². The Labute approximate surface area is 151 Å². The van der Waals surface area contributed by atoms with E-state index in [0.29, 0.717) is 5.92 Å². The lowest BCUT2D eigenvalue weighted by atomic mass is 9.89. The van der Waals surface area contributed by atoms with E-state index in [1.54, 1.807) is 17.7 Å². The Kier molecular flexibility index (Phi) is 4.37. The molecule has 134 valence electrons. The van der Waals surface area contributed by atoms with Crippen LogP contribution >= 0.6 is 11.3 Å². The molecule has 4 rings (SSSR count). The van der Waals surface area contributed by atoms with E-state index < -0.39 is 0 Å². The van der Waals surface area contributed by atoms with Crippen LogP contribution in [0.25, 0.3) is 10.2 Å². The molecule has 1 saturated heterocycles. The molecule has 1 atom stereocenters. The lowest BCUT2D eigenvalue weighted by molar-refractivity contribution is -0.883. The molecule has 0 saturated carbocycles. The van der Waals surface area contributed by atoms with Crippen LogP contribution in [-0.2, 0) is 24.2 Å². The van der Waals surface area contributed by atoms with Crippen molar-refractivity contribution in [3.05, 3.63) is 27.1 Å². The number of quaternary nitrogens is 1. The maximum atomic E-state index is 13.0. The monoisotopic (exact) mass is 361 g/mol. The van der Waals surface area contributed by atoms with Gasteiger partial charge in [0, 0.05) is 4.88 Å². The van der Waals surface area contributed by atoms with E-state index in [0.717, 1.165) is 55.7 Å². The number of aryl methyl sites for hydroxylation is 1. The zero-order valence-electron chi connectivity index (χ0n) is 14.9. The van der Waals surface area contributed by atoms with E-state index in [1.165, 1.54) is 19.9 Å². The van der Waals surface area contributed by atoms with Crippen LogP contribution < -0.4 is 10.5 Å². The molecule has 1 fully saturated rings. The van der Waals surface area contributed by atoms with Gasteiger partial charge in [-0.25, -0.2) is 4.98 Å². The van der Waals surface area contributed by atoms with Crippen LogP contribution in [0.5, 0.6) is 0 Å². The van der Waals surface area contributed by atoms with Gasteiger partial charge in [0.2, 0.25) is 5.91 Å². The molecule has 25 heavy (non-hydrogen) atoms. The fourth-order valence-electron chi connectivity index (χ4n) is 3.86. The van der Waals surface area contributed by atoms with Gasteiger partial charge < -0.3 is 9.80 Å². The summed E-state index contributed by atoms with van der Waals surface area (Å²) in [5.41, 5.74) is 1.13. The van der Waals surface area contributed by atoms with Gasteiger partial charge in [-0.3, -0.25) is 14.2 Å². The number of nitrogens with zero attached hydrogens (tertiary/aromatic N) is 3. The van der Waals surface area contributed by atoms with E-state index in [9.17, 15) is 9.59 Å². The number of hydrogen-bond donors (Lipinski definition) is 1. The van der Waals surface area contributed by atoms with E-state index in [-0.39, 0.29) is 18.0 Å². The number of thiophene rings is 1. The molecule has 2 aromatic rings. The van der Waals surface area contributed by atoms with Crippen LogP contribution in [0.4, 0.5) is 0 Å². The molecule has 3 heterocycles. The fraction of sp³-hybridized carbons (Fsp3) is 0.611. The normalized spacial score (nSPS) is 21.5. The predicted octanol–water partition coefficient (Wildman–Crippen LogP) is -0.0603. The maximum Gasteiger partial charge on any atom is 0.262 e. The maximum absolute atomic E-state index is 13.0. The van der Waals surface area contributed by atoms with Gasteiger partial charge >= 0.3 is 0 Å². The highest BCUT2D eigenvalue weighted by Gasteiger charge is 2.25. The molecule has 1 aliphatic carbocycles. The van der Waals surface area contributed by atoms with Crippen molar-refractivity contribution >= 4 is 27.5 Å². The van der Waals surface area contributed by atoms with Crippen molar-refractivity contribution < 1.29 is 9.69 Å². The first-order chi connectivity index (χ1) is 12.0. The third kappa shape index (κ3) is 3.11. The van der Waals surface area contributed by atoms with E-state index in [4.69, 9.17) is 0 Å². The van der Waals surface area contributed by atoms with Crippen molar-refractivity contribution in [2.45, 2.75) is 32.7 Å². The number of carbonyl (C=O) groups excluding carboxylic acids is 1. The second kappa shape index (κ2) is 6.53. The van der Waals surface area contributed by atoms with Crippen molar-refractivity contribution in [1.82, 2.24) is 14.5 Å². The molecular weight excluding hydrogens is 336 g/mol. The first kappa shape index (κ1) is 16.7. The van der Waals surface area contributed by atoms with Gasteiger partial charge in [-0.05, 0) is 30.7 Å². The molecule has 2 aromatic heterocycles. The third-order valence-corrected chi connectivity index (χ3v) is 6.72. The van der Waals surface area contributed by atoms with Crippen molar-refractivity contribution in [2.24, 2.45) is 5.92 Å². The summed E-state index contributed by atoms with van der Waals surface area (Å²) >= 11 is 1.65. The summed E-state index contributed by atoms with van der Waals surface area (Å²) in [7, 11) is 2.14. The number of rotatable bonds is 2. The Hall–Kier alpha value is -1.73. The van der Waals surface area contributed by atoms with Crippen molar-refractivity contribution in [3.8, 4) is 0 Å². The standard InChI is InChI=1S/C18H24N4O2S/c1-12-3-4-13-14(9-12)25-17-16(13)18(24)22(11-19-17)10-15(23)21-7-5-20(2)6-8-21/h11-12H,3-10H2,1-2H3/p+1. The summed E-state index contributed by atoms with van der Waals surface area (Å²) in [6.45, 7) is 5.82. The number of piperazine rings is 1. The molecule has 1 unspecified atom stereocenters.